The van der Waals surface area contributed by atoms with Crippen LogP contribution < -0.4 is 10.6 Å². The number of rotatable bonds is 3. The van der Waals surface area contributed by atoms with Crippen LogP contribution >= 0.6 is 0 Å². The highest BCUT2D eigenvalue weighted by Gasteiger charge is 2.18. The fourth-order valence-electron chi connectivity index (χ4n) is 1.73. The minimum Gasteiger partial charge on any atom is -0.464 e. The predicted molar refractivity (Wildman–Crippen MR) is 75.1 cm³/mol. The van der Waals surface area contributed by atoms with Crippen molar-refractivity contribution in [1.82, 2.24) is 5.32 Å². The third-order valence-corrected chi connectivity index (χ3v) is 2.77. The predicted octanol–water partition coefficient (Wildman–Crippen LogP) is 2.40. The first-order valence-electron chi connectivity index (χ1n) is 6.29. The maximum Gasteiger partial charge on any atom is 0.313 e. The second kappa shape index (κ2) is 6.06. The van der Waals surface area contributed by atoms with Crippen molar-refractivity contribution in [2.75, 3.05) is 5.32 Å². The van der Waals surface area contributed by atoms with Crippen molar-refractivity contribution < 1.29 is 14.0 Å². The van der Waals surface area contributed by atoms with E-state index in [1.165, 1.54) is 0 Å². The third-order valence-electron chi connectivity index (χ3n) is 2.77. The molecule has 0 aliphatic heterocycles. The molecule has 5 heteroatoms. The molecule has 20 heavy (non-hydrogen) atoms. The summed E-state index contributed by atoms with van der Waals surface area (Å²) in [5, 5.41) is 5.11. The van der Waals surface area contributed by atoms with Crippen LogP contribution in [0.2, 0.25) is 0 Å². The van der Waals surface area contributed by atoms with Crippen molar-refractivity contribution in [3.05, 3.63) is 54.0 Å². The molecule has 2 rings (SSSR count). The van der Waals surface area contributed by atoms with E-state index < -0.39 is 11.8 Å². The molecule has 0 aliphatic carbocycles. The summed E-state index contributed by atoms with van der Waals surface area (Å²) in [7, 11) is 0. The lowest BCUT2D eigenvalue weighted by Gasteiger charge is -2.11. The van der Waals surface area contributed by atoms with Crippen LogP contribution in [-0.4, -0.2) is 11.8 Å². The van der Waals surface area contributed by atoms with E-state index in [4.69, 9.17) is 4.42 Å². The van der Waals surface area contributed by atoms with Crippen molar-refractivity contribution >= 4 is 17.5 Å². The number of carbonyl (C=O) groups excluding carboxylic acids is 2. The standard InChI is InChI=1S/C15H16N2O3/c1-10-8-9-13(20-10)11(2)16-14(18)15(19)17-12-6-4-3-5-7-12/h3-9,11H,1-2H3,(H,16,18)(H,17,19)/t11-/m0/s1. The van der Waals surface area contributed by atoms with Gasteiger partial charge in [-0.25, -0.2) is 0 Å². The number of para-hydroxylation sites is 1. The van der Waals surface area contributed by atoms with Crippen LogP contribution in [0.1, 0.15) is 24.5 Å². The number of furan rings is 1. The highest BCUT2D eigenvalue weighted by molar-refractivity contribution is 6.39. The summed E-state index contributed by atoms with van der Waals surface area (Å²) in [5.41, 5.74) is 0.578. The Kier molecular flexibility index (Phi) is 4.20. The molecule has 0 saturated carbocycles. The lowest BCUT2D eigenvalue weighted by molar-refractivity contribution is -0.136. The molecule has 0 bridgehead atoms. The first-order valence-corrected chi connectivity index (χ1v) is 6.29. The molecule has 1 aromatic heterocycles. The second-order valence-corrected chi connectivity index (χ2v) is 4.46. The average Bonchev–Trinajstić information content (AvgIpc) is 2.86. The van der Waals surface area contributed by atoms with Crippen molar-refractivity contribution in [3.63, 3.8) is 0 Å². The summed E-state index contributed by atoms with van der Waals surface area (Å²) in [6.45, 7) is 3.58. The molecule has 1 heterocycles. The van der Waals surface area contributed by atoms with Gasteiger partial charge in [0.2, 0.25) is 0 Å². The summed E-state index contributed by atoms with van der Waals surface area (Å²) < 4.78 is 5.40. The minimum atomic E-state index is -0.702. The molecule has 2 N–H and O–H groups in total. The fraction of sp³-hybridized carbons (Fsp3) is 0.200. The molecule has 0 aliphatic rings. The van der Waals surface area contributed by atoms with Gasteiger partial charge in [-0.2, -0.15) is 0 Å². The minimum absolute atomic E-state index is 0.363. The SMILES string of the molecule is Cc1ccc([C@H](C)NC(=O)C(=O)Nc2ccccc2)o1. The van der Waals surface area contributed by atoms with Crippen LogP contribution in [0.3, 0.4) is 0 Å². The maximum absolute atomic E-state index is 11.8. The fourth-order valence-corrected chi connectivity index (χ4v) is 1.73. The zero-order chi connectivity index (χ0) is 14.5. The number of aryl methyl sites for hydroxylation is 1. The Balaban J connectivity index is 1.93. The van der Waals surface area contributed by atoms with E-state index in [-0.39, 0.29) is 6.04 Å². The Morgan fingerprint density at radius 2 is 1.75 bits per heavy atom. The number of hydrogen-bond acceptors (Lipinski definition) is 3. The molecule has 2 amide bonds. The van der Waals surface area contributed by atoms with Gasteiger partial charge in [0.1, 0.15) is 11.5 Å². The van der Waals surface area contributed by atoms with Crippen molar-refractivity contribution in [3.8, 4) is 0 Å². The van der Waals surface area contributed by atoms with Crippen LogP contribution in [0.25, 0.3) is 0 Å². The molecule has 2 aromatic rings. The Hall–Kier alpha value is -2.56. The van der Waals surface area contributed by atoms with Gasteiger partial charge in [0.15, 0.2) is 0 Å². The number of benzene rings is 1. The number of nitrogens with one attached hydrogen (secondary N) is 2. The molecule has 1 atom stereocenters. The zero-order valence-electron chi connectivity index (χ0n) is 11.3. The molecule has 104 valence electrons. The Labute approximate surface area is 117 Å². The van der Waals surface area contributed by atoms with Crippen molar-refractivity contribution in [2.45, 2.75) is 19.9 Å². The monoisotopic (exact) mass is 272 g/mol. The summed E-state index contributed by atoms with van der Waals surface area (Å²) in [6, 6.07) is 12.0. The summed E-state index contributed by atoms with van der Waals surface area (Å²) >= 11 is 0. The smallest absolute Gasteiger partial charge is 0.313 e. The number of anilines is 1. The van der Waals surface area contributed by atoms with Crippen LogP contribution in [0, 0.1) is 6.92 Å². The summed E-state index contributed by atoms with van der Waals surface area (Å²) in [4.78, 5) is 23.5. The van der Waals surface area contributed by atoms with Gasteiger partial charge in [0.25, 0.3) is 0 Å². The Morgan fingerprint density at radius 1 is 1.05 bits per heavy atom. The molecular weight excluding hydrogens is 256 g/mol. The second-order valence-electron chi connectivity index (χ2n) is 4.46. The van der Waals surface area contributed by atoms with E-state index in [0.29, 0.717) is 11.4 Å². The van der Waals surface area contributed by atoms with Crippen LogP contribution in [0.15, 0.2) is 46.9 Å². The first kappa shape index (κ1) is 13.9. The lowest BCUT2D eigenvalue weighted by Crippen LogP contribution is -2.36. The largest absolute Gasteiger partial charge is 0.464 e. The molecular formula is C15H16N2O3. The van der Waals surface area contributed by atoms with E-state index in [2.05, 4.69) is 10.6 Å². The molecule has 0 unspecified atom stereocenters. The van der Waals surface area contributed by atoms with Gasteiger partial charge in [0, 0.05) is 5.69 Å². The first-order chi connectivity index (χ1) is 9.56. The van der Waals surface area contributed by atoms with E-state index in [1.54, 1.807) is 37.3 Å². The molecule has 0 saturated heterocycles. The topological polar surface area (TPSA) is 71.3 Å². The average molecular weight is 272 g/mol. The van der Waals surface area contributed by atoms with Gasteiger partial charge in [-0.1, -0.05) is 18.2 Å². The lowest BCUT2D eigenvalue weighted by atomic mass is 10.2. The summed E-state index contributed by atoms with van der Waals surface area (Å²) in [6.07, 6.45) is 0. The van der Waals surface area contributed by atoms with E-state index in [9.17, 15) is 9.59 Å². The van der Waals surface area contributed by atoms with E-state index >= 15 is 0 Å². The van der Waals surface area contributed by atoms with Crippen molar-refractivity contribution in [2.24, 2.45) is 0 Å². The number of hydrogen-bond donors (Lipinski definition) is 2. The van der Waals surface area contributed by atoms with Crippen LogP contribution in [-0.2, 0) is 9.59 Å². The number of carbonyl (C=O) groups is 2. The van der Waals surface area contributed by atoms with Gasteiger partial charge in [-0.15, -0.1) is 0 Å². The quantitative estimate of drug-likeness (QED) is 0.843. The van der Waals surface area contributed by atoms with Gasteiger partial charge in [-0.05, 0) is 38.1 Å². The highest BCUT2D eigenvalue weighted by Crippen LogP contribution is 2.15. The molecule has 1 aromatic carbocycles. The highest BCUT2D eigenvalue weighted by atomic mass is 16.3. The molecule has 0 fully saturated rings. The van der Waals surface area contributed by atoms with E-state index in [0.717, 1.165) is 5.76 Å². The Bertz CT molecular complexity index is 605. The van der Waals surface area contributed by atoms with Gasteiger partial charge in [0.05, 0.1) is 6.04 Å². The normalized spacial score (nSPS) is 11.7. The van der Waals surface area contributed by atoms with Crippen LogP contribution in [0.5, 0.6) is 0 Å². The van der Waals surface area contributed by atoms with Gasteiger partial charge < -0.3 is 15.1 Å². The maximum atomic E-state index is 11.8. The van der Waals surface area contributed by atoms with Gasteiger partial charge >= 0.3 is 11.8 Å². The van der Waals surface area contributed by atoms with E-state index in [1.807, 2.05) is 19.1 Å². The van der Waals surface area contributed by atoms with Crippen LogP contribution in [0.4, 0.5) is 5.69 Å². The molecule has 0 spiro atoms. The molecule has 5 nitrogen and oxygen atoms in total. The molecule has 0 radical (unpaired) electrons. The van der Waals surface area contributed by atoms with Crippen molar-refractivity contribution in [1.29, 1.82) is 0 Å². The third kappa shape index (κ3) is 3.47. The number of amides is 2. The van der Waals surface area contributed by atoms with Gasteiger partial charge in [-0.3, -0.25) is 9.59 Å². The zero-order valence-corrected chi connectivity index (χ0v) is 11.3. The Morgan fingerprint density at radius 3 is 2.35 bits per heavy atom. The summed E-state index contributed by atoms with van der Waals surface area (Å²) in [5.74, 6) is -0.0278.